The van der Waals surface area contributed by atoms with E-state index < -0.39 is 27.3 Å². The smallest absolute Gasteiger partial charge is 0.385 e. The van der Waals surface area contributed by atoms with E-state index in [4.69, 9.17) is 8.92 Å². The lowest BCUT2D eigenvalue weighted by molar-refractivity contribution is -0.156. The number of ether oxygens (including phenoxy) is 1. The highest BCUT2D eigenvalue weighted by molar-refractivity contribution is 8.04. The van der Waals surface area contributed by atoms with E-state index in [0.717, 1.165) is 22.9 Å². The monoisotopic (exact) mass is 604 g/mol. The lowest BCUT2D eigenvalue weighted by atomic mass is 9.86. The van der Waals surface area contributed by atoms with E-state index in [-0.39, 0.29) is 28.6 Å². The molecule has 2 heterocycles. The van der Waals surface area contributed by atoms with Gasteiger partial charge in [0.05, 0.1) is 0 Å². The summed E-state index contributed by atoms with van der Waals surface area (Å²) in [6.45, 7) is 11.5. The van der Waals surface area contributed by atoms with Crippen molar-refractivity contribution in [2.75, 3.05) is 33.2 Å². The second-order valence-electron chi connectivity index (χ2n) is 12.2. The fourth-order valence-corrected chi connectivity index (χ4v) is 7.25. The molecule has 0 radical (unpaired) electrons. The third kappa shape index (κ3) is 7.57. The van der Waals surface area contributed by atoms with Gasteiger partial charge >= 0.3 is 16.3 Å². The normalized spacial score (nSPS) is 21.2. The Kier molecular flexibility index (Phi) is 9.04. The van der Waals surface area contributed by atoms with Crippen LogP contribution in [0.3, 0.4) is 0 Å². The zero-order chi connectivity index (χ0) is 30.2. The molecular weight excluding hydrogens is 564 g/mol. The van der Waals surface area contributed by atoms with E-state index in [1.807, 2.05) is 40.0 Å². The number of hydrogen-bond donors (Lipinski definition) is 2. The standard InChI is InChI=1S/C30H40N2O7S2/c1-20-17-26(23(29(2,3)4)18-25(20)39-41(36,37)32-15-13-31(6)14-16-32)40-27-24(34)19-30(5,38-28(27)35)12-11-21-7-9-22(33)10-8-21/h7-10,17-18,33-34H,11-16,19H2,1-6H3. The fourth-order valence-electron chi connectivity index (χ4n) is 4.88. The summed E-state index contributed by atoms with van der Waals surface area (Å²) in [4.78, 5) is 16.1. The maximum Gasteiger partial charge on any atom is 0.385 e. The number of phenolic OH excluding ortho intramolecular Hbond substituents is 1. The van der Waals surface area contributed by atoms with E-state index in [1.165, 1.54) is 4.31 Å². The van der Waals surface area contributed by atoms with Crippen LogP contribution in [-0.4, -0.2) is 72.6 Å². The Morgan fingerprint density at radius 2 is 1.71 bits per heavy atom. The quantitative estimate of drug-likeness (QED) is 0.399. The number of rotatable bonds is 8. The average molecular weight is 605 g/mol. The first kappa shape index (κ1) is 31.2. The van der Waals surface area contributed by atoms with Crippen molar-refractivity contribution in [3.8, 4) is 11.5 Å². The number of hydrogen-bond acceptors (Lipinski definition) is 9. The number of aryl methyl sites for hydroxylation is 2. The number of thioether (sulfide) groups is 1. The van der Waals surface area contributed by atoms with E-state index in [1.54, 1.807) is 38.1 Å². The molecule has 1 atom stereocenters. The van der Waals surface area contributed by atoms with Gasteiger partial charge in [-0.15, -0.1) is 0 Å². The molecule has 1 unspecified atom stereocenters. The summed E-state index contributed by atoms with van der Waals surface area (Å²) >= 11 is 1.13. The Bertz CT molecular complexity index is 1420. The van der Waals surface area contributed by atoms with Gasteiger partial charge in [0.2, 0.25) is 0 Å². The molecule has 0 aromatic heterocycles. The highest BCUT2D eigenvalue weighted by Crippen LogP contribution is 2.44. The number of carbonyl (C=O) groups is 1. The largest absolute Gasteiger partial charge is 0.511 e. The molecule has 0 bridgehead atoms. The van der Waals surface area contributed by atoms with Gasteiger partial charge < -0.3 is 24.0 Å². The maximum atomic E-state index is 13.2. The first-order chi connectivity index (χ1) is 19.1. The summed E-state index contributed by atoms with van der Waals surface area (Å²) in [5.41, 5.74) is 1.08. The van der Waals surface area contributed by atoms with Crippen molar-refractivity contribution in [3.05, 3.63) is 63.8 Å². The van der Waals surface area contributed by atoms with Crippen molar-refractivity contribution in [1.82, 2.24) is 9.21 Å². The van der Waals surface area contributed by atoms with Crippen molar-refractivity contribution in [2.45, 2.75) is 69.8 Å². The number of nitrogens with zero attached hydrogens (tertiary/aromatic N) is 2. The van der Waals surface area contributed by atoms with Crippen molar-refractivity contribution in [3.63, 3.8) is 0 Å². The van der Waals surface area contributed by atoms with Crippen LogP contribution in [-0.2, 0) is 31.7 Å². The highest BCUT2D eigenvalue weighted by atomic mass is 32.2. The topological polar surface area (TPSA) is 117 Å². The van der Waals surface area contributed by atoms with Gasteiger partial charge in [0.15, 0.2) is 0 Å². The number of aromatic hydroxyl groups is 1. The van der Waals surface area contributed by atoms with Gasteiger partial charge in [-0.05, 0) is 80.1 Å². The van der Waals surface area contributed by atoms with Crippen molar-refractivity contribution >= 4 is 28.0 Å². The van der Waals surface area contributed by atoms with Crippen LogP contribution < -0.4 is 4.18 Å². The van der Waals surface area contributed by atoms with Crippen LogP contribution >= 0.6 is 11.8 Å². The third-order valence-corrected chi connectivity index (χ3v) is 10.0. The first-order valence-corrected chi connectivity index (χ1v) is 15.9. The highest BCUT2D eigenvalue weighted by Gasteiger charge is 2.39. The molecule has 4 rings (SSSR count). The first-order valence-electron chi connectivity index (χ1n) is 13.7. The number of aliphatic hydroxyl groups excluding tert-OH is 1. The Morgan fingerprint density at radius 3 is 2.29 bits per heavy atom. The second kappa shape index (κ2) is 11.9. The molecule has 0 aliphatic carbocycles. The number of carbonyl (C=O) groups excluding carboxylic acids is 1. The number of piperazine rings is 1. The summed E-state index contributed by atoms with van der Waals surface area (Å²) in [7, 11) is -2.03. The van der Waals surface area contributed by atoms with Crippen LogP contribution in [0.15, 0.2) is 52.0 Å². The second-order valence-corrected chi connectivity index (χ2v) is 14.8. The van der Waals surface area contributed by atoms with Crippen LogP contribution in [0.1, 0.15) is 57.2 Å². The van der Waals surface area contributed by atoms with Crippen LogP contribution in [0.2, 0.25) is 0 Å². The summed E-state index contributed by atoms with van der Waals surface area (Å²) in [6, 6.07) is 10.4. The van der Waals surface area contributed by atoms with E-state index >= 15 is 0 Å². The molecule has 41 heavy (non-hydrogen) atoms. The number of esters is 1. The lowest BCUT2D eigenvalue weighted by Crippen LogP contribution is -2.48. The molecule has 2 aliphatic rings. The van der Waals surface area contributed by atoms with E-state index in [0.29, 0.717) is 49.5 Å². The Hall–Kier alpha value is -2.73. The molecule has 2 aliphatic heterocycles. The van der Waals surface area contributed by atoms with Crippen LogP contribution in [0, 0.1) is 6.92 Å². The van der Waals surface area contributed by atoms with Gasteiger partial charge in [0.1, 0.15) is 27.8 Å². The lowest BCUT2D eigenvalue weighted by Gasteiger charge is -2.34. The molecule has 2 aromatic rings. The van der Waals surface area contributed by atoms with Crippen LogP contribution in [0.5, 0.6) is 11.5 Å². The molecule has 0 spiro atoms. The SMILES string of the molecule is Cc1cc(SC2=C(O)CC(C)(CCc3ccc(O)cc3)OC2=O)c(C(C)(C)C)cc1OS(=O)(=O)N1CCN(C)CC1. The van der Waals surface area contributed by atoms with Crippen molar-refractivity contribution in [1.29, 1.82) is 0 Å². The summed E-state index contributed by atoms with van der Waals surface area (Å²) in [6.07, 6.45) is 1.30. The van der Waals surface area contributed by atoms with Gasteiger partial charge in [-0.25, -0.2) is 4.79 Å². The Morgan fingerprint density at radius 1 is 1.07 bits per heavy atom. The number of likely N-dealkylation sites (N-methyl/N-ethyl adjacent to an activating group) is 1. The minimum absolute atomic E-state index is 0.0325. The molecule has 0 saturated carbocycles. The molecule has 1 fully saturated rings. The van der Waals surface area contributed by atoms with Crippen molar-refractivity contribution in [2.24, 2.45) is 0 Å². The van der Waals surface area contributed by atoms with E-state index in [2.05, 4.69) is 4.90 Å². The number of benzene rings is 2. The van der Waals surface area contributed by atoms with Crippen LogP contribution in [0.25, 0.3) is 0 Å². The zero-order valence-electron chi connectivity index (χ0n) is 24.6. The molecular formula is C30H40N2O7S2. The molecule has 2 N–H and O–H groups in total. The number of aliphatic hydroxyl groups is 1. The van der Waals surface area contributed by atoms with E-state index in [9.17, 15) is 23.4 Å². The molecule has 224 valence electrons. The molecule has 0 amide bonds. The zero-order valence-corrected chi connectivity index (χ0v) is 26.2. The number of cyclic esters (lactones) is 1. The fraction of sp³-hybridized carbons (Fsp3) is 0.500. The third-order valence-electron chi connectivity index (χ3n) is 7.48. The number of phenols is 1. The Balaban J connectivity index is 1.55. The summed E-state index contributed by atoms with van der Waals surface area (Å²) in [5.74, 6) is -0.200. The minimum atomic E-state index is -3.98. The summed E-state index contributed by atoms with van der Waals surface area (Å²) < 4.78 is 38.9. The maximum absolute atomic E-state index is 13.2. The van der Waals surface area contributed by atoms with Gasteiger partial charge in [0, 0.05) is 37.5 Å². The Labute approximate surface area is 247 Å². The predicted octanol–water partition coefficient (Wildman–Crippen LogP) is 5.07. The molecule has 11 heteroatoms. The predicted molar refractivity (Wildman–Crippen MR) is 160 cm³/mol. The van der Waals surface area contributed by atoms with Crippen molar-refractivity contribution < 1.29 is 32.3 Å². The molecule has 9 nitrogen and oxygen atoms in total. The average Bonchev–Trinajstić information content (AvgIpc) is 2.87. The molecule has 1 saturated heterocycles. The van der Waals surface area contributed by atoms with Gasteiger partial charge in [-0.2, -0.15) is 12.7 Å². The van der Waals surface area contributed by atoms with Crippen LogP contribution in [0.4, 0.5) is 0 Å². The van der Waals surface area contributed by atoms with Gasteiger partial charge in [0.25, 0.3) is 0 Å². The van der Waals surface area contributed by atoms with Gasteiger partial charge in [-0.1, -0.05) is 44.7 Å². The van der Waals surface area contributed by atoms with Gasteiger partial charge in [-0.3, -0.25) is 0 Å². The molecule has 2 aromatic carbocycles. The minimum Gasteiger partial charge on any atom is -0.511 e. The summed E-state index contributed by atoms with van der Waals surface area (Å²) in [5, 5.41) is 20.5.